The molecule has 5 rings (SSSR count). The maximum atomic E-state index is 16.7. The number of alkyl carbamates (subject to hydrolysis) is 1. The highest BCUT2D eigenvalue weighted by Gasteiger charge is 2.50. The van der Waals surface area contributed by atoms with Gasteiger partial charge in [0, 0.05) is 29.7 Å². The smallest absolute Gasteiger partial charge is 0.407 e. The first-order chi connectivity index (χ1) is 24.1. The molecule has 3 aromatic rings. The van der Waals surface area contributed by atoms with Gasteiger partial charge in [-0.05, 0) is 106 Å². The molecule has 1 saturated heterocycles. The van der Waals surface area contributed by atoms with Crippen LogP contribution in [0.1, 0.15) is 71.3 Å². The van der Waals surface area contributed by atoms with Crippen LogP contribution in [-0.2, 0) is 25.5 Å². The summed E-state index contributed by atoms with van der Waals surface area (Å²) in [7, 11) is -4.62. The van der Waals surface area contributed by atoms with Crippen LogP contribution < -0.4 is 14.8 Å². The lowest BCUT2D eigenvalue weighted by Crippen LogP contribution is -2.58. The third-order valence-corrected chi connectivity index (χ3v) is 10.9. The Kier molecular flexibility index (Phi) is 12.3. The van der Waals surface area contributed by atoms with Gasteiger partial charge < -0.3 is 19.7 Å². The predicted molar refractivity (Wildman–Crippen MR) is 192 cm³/mol. The van der Waals surface area contributed by atoms with Crippen molar-refractivity contribution in [3.05, 3.63) is 83.4 Å². The molecule has 1 unspecified atom stereocenters. The fraction of sp³-hybridized carbons (Fsp3) is 0.474. The zero-order chi connectivity index (χ0) is 36.8. The summed E-state index contributed by atoms with van der Waals surface area (Å²) >= 11 is 6.02. The van der Waals surface area contributed by atoms with E-state index in [1.165, 1.54) is 53.8 Å². The van der Waals surface area contributed by atoms with Gasteiger partial charge in [0.05, 0.1) is 11.5 Å². The molecule has 1 atom stereocenters. The molecule has 0 spiro atoms. The SMILES string of the molecule is CC(C)(C)OC(=O)NC1CCN(C(=O)C(NS(=O)(=O)c2ccc(OCC3CCCCC3)cc2)C(F)(F)c2cccc(-c3ccc(Cl)cc3)c2)CC1. The minimum Gasteiger partial charge on any atom is -0.493 e. The van der Waals surface area contributed by atoms with Crippen molar-refractivity contribution in [2.24, 2.45) is 5.92 Å². The lowest BCUT2D eigenvalue weighted by Gasteiger charge is -2.36. The number of benzene rings is 3. The number of alkyl halides is 2. The van der Waals surface area contributed by atoms with Crippen molar-refractivity contribution in [2.75, 3.05) is 19.7 Å². The van der Waals surface area contributed by atoms with Crippen LogP contribution in [0.15, 0.2) is 77.7 Å². The summed E-state index contributed by atoms with van der Waals surface area (Å²) in [5.41, 5.74) is -0.185. The number of nitrogens with zero attached hydrogens (tertiary/aromatic N) is 1. The molecule has 3 aromatic carbocycles. The zero-order valence-corrected chi connectivity index (χ0v) is 30.7. The van der Waals surface area contributed by atoms with E-state index in [2.05, 4.69) is 10.0 Å². The molecule has 51 heavy (non-hydrogen) atoms. The second-order valence-electron chi connectivity index (χ2n) is 14.3. The molecule has 1 heterocycles. The van der Waals surface area contributed by atoms with Gasteiger partial charge in [-0.1, -0.05) is 61.2 Å². The number of sulfonamides is 1. The van der Waals surface area contributed by atoms with Crippen LogP contribution in [0.5, 0.6) is 5.75 Å². The fourth-order valence-electron chi connectivity index (χ4n) is 6.40. The Labute approximate surface area is 304 Å². The Balaban J connectivity index is 1.37. The van der Waals surface area contributed by atoms with Crippen LogP contribution in [0.3, 0.4) is 0 Å². The molecule has 1 aliphatic carbocycles. The van der Waals surface area contributed by atoms with E-state index in [1.54, 1.807) is 51.1 Å². The van der Waals surface area contributed by atoms with E-state index >= 15 is 8.78 Å². The van der Waals surface area contributed by atoms with E-state index in [-0.39, 0.29) is 36.9 Å². The topological polar surface area (TPSA) is 114 Å². The lowest BCUT2D eigenvalue weighted by atomic mass is 9.90. The van der Waals surface area contributed by atoms with Crippen LogP contribution >= 0.6 is 11.6 Å². The Morgan fingerprint density at radius 3 is 2.18 bits per heavy atom. The molecule has 0 bridgehead atoms. The molecular formula is C38H46ClF2N3O6S. The van der Waals surface area contributed by atoms with Crippen molar-refractivity contribution >= 4 is 33.6 Å². The number of amides is 2. The number of carbonyl (C=O) groups excluding carboxylic acids is 2. The second kappa shape index (κ2) is 16.3. The summed E-state index contributed by atoms with van der Waals surface area (Å²) in [5.74, 6) is -4.14. The van der Waals surface area contributed by atoms with E-state index in [0.29, 0.717) is 34.4 Å². The maximum Gasteiger partial charge on any atom is 0.407 e. The molecule has 0 radical (unpaired) electrons. The van der Waals surface area contributed by atoms with Crippen LogP contribution in [0, 0.1) is 5.92 Å². The molecule has 2 N–H and O–H groups in total. The standard InChI is InChI=1S/C38H46ClF2N3O6S/c1-37(2,3)50-36(46)42-31-20-22-44(23-21-31)35(45)34(38(40,41)29-11-7-10-28(24-29)27-12-14-30(39)15-13-27)43-51(47,48)33-18-16-32(17-19-33)49-25-26-8-5-4-6-9-26/h7,10-19,24,26,31,34,43H,4-6,8-9,20-23,25H2,1-3H3,(H,42,46). The molecule has 2 fully saturated rings. The number of hydrogen-bond acceptors (Lipinski definition) is 6. The van der Waals surface area contributed by atoms with Crippen molar-refractivity contribution in [3.63, 3.8) is 0 Å². The number of halogens is 3. The number of nitrogens with one attached hydrogen (secondary N) is 2. The van der Waals surface area contributed by atoms with Crippen LogP contribution in [0.4, 0.5) is 13.6 Å². The van der Waals surface area contributed by atoms with Gasteiger partial charge in [-0.3, -0.25) is 4.79 Å². The number of piperidine rings is 1. The average molecular weight is 746 g/mol. The van der Waals surface area contributed by atoms with Gasteiger partial charge in [0.2, 0.25) is 15.9 Å². The van der Waals surface area contributed by atoms with Crippen molar-refractivity contribution in [1.29, 1.82) is 0 Å². The Hall–Kier alpha value is -3.74. The molecule has 13 heteroatoms. The van der Waals surface area contributed by atoms with Gasteiger partial charge in [0.1, 0.15) is 11.4 Å². The summed E-state index contributed by atoms with van der Waals surface area (Å²) in [6, 6.07) is 14.9. The molecule has 9 nitrogen and oxygen atoms in total. The summed E-state index contributed by atoms with van der Waals surface area (Å²) in [4.78, 5) is 27.2. The average Bonchev–Trinajstić information content (AvgIpc) is 3.10. The summed E-state index contributed by atoms with van der Waals surface area (Å²) in [6.07, 6.45) is 5.63. The largest absolute Gasteiger partial charge is 0.493 e. The number of hydrogen-bond donors (Lipinski definition) is 2. The van der Waals surface area contributed by atoms with Crippen molar-refractivity contribution in [2.45, 2.75) is 94.2 Å². The van der Waals surface area contributed by atoms with E-state index < -0.39 is 45.2 Å². The van der Waals surface area contributed by atoms with Gasteiger partial charge in [-0.25, -0.2) is 13.2 Å². The van der Waals surface area contributed by atoms with Crippen molar-refractivity contribution < 1.29 is 36.3 Å². The maximum absolute atomic E-state index is 16.7. The van der Waals surface area contributed by atoms with Gasteiger partial charge in [-0.15, -0.1) is 0 Å². The lowest BCUT2D eigenvalue weighted by molar-refractivity contribution is -0.145. The first-order valence-electron chi connectivity index (χ1n) is 17.4. The number of rotatable bonds is 11. The monoisotopic (exact) mass is 745 g/mol. The number of carbonyl (C=O) groups is 2. The molecule has 2 amide bonds. The van der Waals surface area contributed by atoms with Gasteiger partial charge in [-0.2, -0.15) is 13.5 Å². The molecule has 276 valence electrons. The van der Waals surface area contributed by atoms with Crippen molar-refractivity contribution in [3.8, 4) is 16.9 Å². The predicted octanol–water partition coefficient (Wildman–Crippen LogP) is 7.92. The highest BCUT2D eigenvalue weighted by Crippen LogP contribution is 2.37. The Bertz CT molecular complexity index is 1750. The van der Waals surface area contributed by atoms with E-state index in [0.717, 1.165) is 25.7 Å². The molecule has 0 aromatic heterocycles. The van der Waals surface area contributed by atoms with Gasteiger partial charge in [0.25, 0.3) is 5.92 Å². The summed E-state index contributed by atoms with van der Waals surface area (Å²) in [5, 5.41) is 3.24. The summed E-state index contributed by atoms with van der Waals surface area (Å²) < 4.78 is 74.1. The van der Waals surface area contributed by atoms with Crippen molar-refractivity contribution in [1.82, 2.24) is 14.9 Å². The third kappa shape index (κ3) is 10.4. The molecule has 1 saturated carbocycles. The van der Waals surface area contributed by atoms with E-state index in [1.807, 2.05) is 0 Å². The van der Waals surface area contributed by atoms with Gasteiger partial charge in [0.15, 0.2) is 6.04 Å². The Morgan fingerprint density at radius 1 is 0.902 bits per heavy atom. The second-order valence-corrected chi connectivity index (χ2v) is 16.4. The Morgan fingerprint density at radius 2 is 1.55 bits per heavy atom. The van der Waals surface area contributed by atoms with Crippen LogP contribution in [0.2, 0.25) is 5.02 Å². The van der Waals surface area contributed by atoms with Crippen LogP contribution in [0.25, 0.3) is 11.1 Å². The number of likely N-dealkylation sites (tertiary alicyclic amines) is 1. The zero-order valence-electron chi connectivity index (χ0n) is 29.2. The highest BCUT2D eigenvalue weighted by molar-refractivity contribution is 7.89. The first kappa shape index (κ1) is 38.5. The number of ether oxygens (including phenoxy) is 2. The first-order valence-corrected chi connectivity index (χ1v) is 19.2. The fourth-order valence-corrected chi connectivity index (χ4v) is 7.72. The normalized spacial score (nSPS) is 17.1. The molecule has 2 aliphatic rings. The minimum atomic E-state index is -4.62. The van der Waals surface area contributed by atoms with E-state index in [4.69, 9.17) is 21.1 Å². The minimum absolute atomic E-state index is 0.0193. The molecule has 1 aliphatic heterocycles. The van der Waals surface area contributed by atoms with E-state index in [9.17, 15) is 18.0 Å². The third-order valence-electron chi connectivity index (χ3n) is 9.18. The summed E-state index contributed by atoms with van der Waals surface area (Å²) in [6.45, 7) is 5.77. The quantitative estimate of drug-likeness (QED) is 0.206. The highest BCUT2D eigenvalue weighted by atomic mass is 35.5. The van der Waals surface area contributed by atoms with Gasteiger partial charge >= 0.3 is 6.09 Å². The molecular weight excluding hydrogens is 700 g/mol. The van der Waals surface area contributed by atoms with Crippen LogP contribution in [-0.4, -0.2) is 62.7 Å².